The van der Waals surface area contributed by atoms with E-state index in [9.17, 15) is 14.0 Å². The van der Waals surface area contributed by atoms with Crippen LogP contribution in [-0.4, -0.2) is 25.1 Å². The summed E-state index contributed by atoms with van der Waals surface area (Å²) in [5.74, 6) is -0.592. The molecular formula is C12H11FN2O3. The van der Waals surface area contributed by atoms with E-state index in [1.807, 2.05) is 6.92 Å². The predicted molar refractivity (Wildman–Crippen MR) is 62.3 cm³/mol. The number of aliphatic imine (C=N–C) groups is 1. The van der Waals surface area contributed by atoms with E-state index in [-0.39, 0.29) is 24.0 Å². The summed E-state index contributed by atoms with van der Waals surface area (Å²) in [5, 5.41) is 0. The number of rotatable bonds is 3. The summed E-state index contributed by atoms with van der Waals surface area (Å²) in [6, 6.07) is 2.45. The molecule has 5 nitrogen and oxygen atoms in total. The van der Waals surface area contributed by atoms with E-state index in [2.05, 4.69) is 4.99 Å². The molecule has 6 heteroatoms. The number of amides is 1. The minimum absolute atomic E-state index is 0.108. The highest BCUT2D eigenvalue weighted by molar-refractivity contribution is 5.98. The molecule has 0 bridgehead atoms. The van der Waals surface area contributed by atoms with Gasteiger partial charge in [-0.15, -0.1) is 0 Å². The molecule has 94 valence electrons. The summed E-state index contributed by atoms with van der Waals surface area (Å²) < 4.78 is 18.7. The summed E-state index contributed by atoms with van der Waals surface area (Å²) in [6.07, 6.45) is 2.04. The molecule has 0 N–H and O–H groups in total. The molecule has 2 rings (SSSR count). The summed E-state index contributed by atoms with van der Waals surface area (Å²) in [5.41, 5.74) is 0.284. The van der Waals surface area contributed by atoms with Crippen LogP contribution in [0.5, 0.6) is 5.75 Å². The van der Waals surface area contributed by atoms with Crippen molar-refractivity contribution in [3.8, 4) is 5.75 Å². The zero-order valence-electron chi connectivity index (χ0n) is 9.77. The van der Waals surface area contributed by atoms with Crippen molar-refractivity contribution < 1.29 is 18.7 Å². The standard InChI is InChI=1S/C12H11FN2O3/c1-2-3-15-10-5-9(14-7-16)8(13)4-11(10)18-6-12(15)17/h4-5H,2-3,6H2,1H3. The highest BCUT2D eigenvalue weighted by Crippen LogP contribution is 2.37. The molecule has 0 saturated carbocycles. The smallest absolute Gasteiger partial charge is 0.265 e. The number of hydrogen-bond donors (Lipinski definition) is 0. The Morgan fingerprint density at radius 2 is 2.33 bits per heavy atom. The van der Waals surface area contributed by atoms with Crippen LogP contribution in [0.1, 0.15) is 13.3 Å². The third-order valence-electron chi connectivity index (χ3n) is 2.58. The maximum absolute atomic E-state index is 13.5. The third kappa shape index (κ3) is 2.10. The van der Waals surface area contributed by atoms with E-state index in [4.69, 9.17) is 4.74 Å². The number of hydrogen-bond acceptors (Lipinski definition) is 4. The van der Waals surface area contributed by atoms with Gasteiger partial charge in [-0.2, -0.15) is 4.99 Å². The number of carbonyl (C=O) groups excluding carboxylic acids is 2. The maximum Gasteiger partial charge on any atom is 0.265 e. The summed E-state index contributed by atoms with van der Waals surface area (Å²) >= 11 is 0. The van der Waals surface area contributed by atoms with Gasteiger partial charge < -0.3 is 9.64 Å². The molecule has 0 saturated heterocycles. The molecule has 18 heavy (non-hydrogen) atoms. The number of halogens is 1. The molecule has 0 unspecified atom stereocenters. The fourth-order valence-corrected chi connectivity index (χ4v) is 1.81. The SMILES string of the molecule is CCCN1C(=O)COc2cc(F)c(N=C=O)cc21. The van der Waals surface area contributed by atoms with E-state index in [0.717, 1.165) is 12.5 Å². The first-order chi connectivity index (χ1) is 8.67. The molecule has 1 aliphatic heterocycles. The van der Waals surface area contributed by atoms with Crippen LogP contribution in [0.4, 0.5) is 15.8 Å². The minimum Gasteiger partial charge on any atom is -0.481 e. The number of carbonyl (C=O) groups is 1. The van der Waals surface area contributed by atoms with Crippen molar-refractivity contribution in [1.29, 1.82) is 0 Å². The fourth-order valence-electron chi connectivity index (χ4n) is 1.81. The number of ether oxygens (including phenoxy) is 1. The van der Waals surface area contributed by atoms with Gasteiger partial charge in [0.05, 0.1) is 5.69 Å². The molecule has 0 aliphatic carbocycles. The molecule has 1 aromatic rings. The highest BCUT2D eigenvalue weighted by Gasteiger charge is 2.26. The number of benzene rings is 1. The Morgan fingerprint density at radius 3 is 3.00 bits per heavy atom. The second-order valence-corrected chi connectivity index (χ2v) is 3.81. The fraction of sp³-hybridized carbons (Fsp3) is 0.333. The van der Waals surface area contributed by atoms with Crippen molar-refractivity contribution in [3.05, 3.63) is 17.9 Å². The van der Waals surface area contributed by atoms with Gasteiger partial charge in [0.2, 0.25) is 6.08 Å². The van der Waals surface area contributed by atoms with Crippen molar-refractivity contribution in [3.63, 3.8) is 0 Å². The number of anilines is 1. The molecular weight excluding hydrogens is 239 g/mol. The quantitative estimate of drug-likeness (QED) is 0.608. The van der Waals surface area contributed by atoms with Crippen LogP contribution in [0.2, 0.25) is 0 Å². The van der Waals surface area contributed by atoms with Crippen molar-refractivity contribution in [2.75, 3.05) is 18.1 Å². The second-order valence-electron chi connectivity index (χ2n) is 3.81. The van der Waals surface area contributed by atoms with Gasteiger partial charge in [0.15, 0.2) is 12.4 Å². The Hall–Kier alpha value is -2.20. The van der Waals surface area contributed by atoms with Crippen molar-refractivity contribution in [1.82, 2.24) is 0 Å². The van der Waals surface area contributed by atoms with Gasteiger partial charge in [-0.25, -0.2) is 9.18 Å². The van der Waals surface area contributed by atoms with Crippen molar-refractivity contribution >= 4 is 23.4 Å². The first kappa shape index (κ1) is 12.3. The van der Waals surface area contributed by atoms with Crippen molar-refractivity contribution in [2.24, 2.45) is 4.99 Å². The topological polar surface area (TPSA) is 59.0 Å². The van der Waals surface area contributed by atoms with Gasteiger partial charge in [-0.3, -0.25) is 4.79 Å². The Balaban J connectivity index is 2.52. The second kappa shape index (κ2) is 4.98. The Kier molecular flexibility index (Phi) is 3.39. The predicted octanol–water partition coefficient (Wildman–Crippen LogP) is 1.93. The lowest BCUT2D eigenvalue weighted by Gasteiger charge is -2.29. The van der Waals surface area contributed by atoms with E-state index in [1.165, 1.54) is 17.0 Å². The lowest BCUT2D eigenvalue weighted by Crippen LogP contribution is -2.39. The molecule has 1 aromatic carbocycles. The Bertz CT molecular complexity index is 538. The van der Waals surface area contributed by atoms with Crippen LogP contribution in [0.15, 0.2) is 17.1 Å². The highest BCUT2D eigenvalue weighted by atomic mass is 19.1. The first-order valence-electron chi connectivity index (χ1n) is 5.52. The molecule has 0 radical (unpaired) electrons. The molecule has 0 aromatic heterocycles. The Labute approximate surface area is 103 Å². The largest absolute Gasteiger partial charge is 0.481 e. The number of nitrogens with zero attached hydrogens (tertiary/aromatic N) is 2. The molecule has 1 amide bonds. The van der Waals surface area contributed by atoms with Gasteiger partial charge in [0, 0.05) is 12.6 Å². The molecule has 0 spiro atoms. The molecule has 0 atom stereocenters. The van der Waals surface area contributed by atoms with Crippen LogP contribution in [0.3, 0.4) is 0 Å². The monoisotopic (exact) mass is 250 g/mol. The van der Waals surface area contributed by atoms with Crippen LogP contribution >= 0.6 is 0 Å². The van der Waals surface area contributed by atoms with E-state index in [1.54, 1.807) is 0 Å². The summed E-state index contributed by atoms with van der Waals surface area (Å²) in [7, 11) is 0. The first-order valence-corrected chi connectivity index (χ1v) is 5.52. The van der Waals surface area contributed by atoms with Crippen LogP contribution < -0.4 is 9.64 Å². The van der Waals surface area contributed by atoms with Gasteiger partial charge in [0.25, 0.3) is 5.91 Å². The average molecular weight is 250 g/mol. The van der Waals surface area contributed by atoms with Gasteiger partial charge in [0.1, 0.15) is 11.4 Å². The normalized spacial score (nSPS) is 13.7. The van der Waals surface area contributed by atoms with Crippen LogP contribution in [0, 0.1) is 5.82 Å². The van der Waals surface area contributed by atoms with E-state index >= 15 is 0 Å². The van der Waals surface area contributed by atoms with Gasteiger partial charge in [-0.05, 0) is 12.5 Å². The molecule has 0 fully saturated rings. The molecule has 1 aliphatic rings. The maximum atomic E-state index is 13.5. The zero-order valence-corrected chi connectivity index (χ0v) is 9.77. The molecule has 1 heterocycles. The lowest BCUT2D eigenvalue weighted by atomic mass is 10.2. The summed E-state index contributed by atoms with van der Waals surface area (Å²) in [4.78, 5) is 26.7. The number of fused-ring (bicyclic) bond motifs is 1. The average Bonchev–Trinajstić information content (AvgIpc) is 2.35. The van der Waals surface area contributed by atoms with Crippen LogP contribution in [0.25, 0.3) is 0 Å². The lowest BCUT2D eigenvalue weighted by molar-refractivity contribution is -0.121. The number of isocyanates is 1. The zero-order chi connectivity index (χ0) is 13.1. The third-order valence-corrected chi connectivity index (χ3v) is 2.58. The minimum atomic E-state index is -0.678. The van der Waals surface area contributed by atoms with E-state index in [0.29, 0.717) is 12.2 Å². The van der Waals surface area contributed by atoms with Crippen LogP contribution in [-0.2, 0) is 9.59 Å². The summed E-state index contributed by atoms with van der Waals surface area (Å²) in [6.45, 7) is 2.32. The van der Waals surface area contributed by atoms with Crippen molar-refractivity contribution in [2.45, 2.75) is 13.3 Å². The van der Waals surface area contributed by atoms with E-state index < -0.39 is 5.82 Å². The Morgan fingerprint density at radius 1 is 1.56 bits per heavy atom. The van der Waals surface area contributed by atoms with Gasteiger partial charge >= 0.3 is 0 Å². The van der Waals surface area contributed by atoms with Gasteiger partial charge in [-0.1, -0.05) is 6.92 Å².